The number of carbonyl (C=O) groups excluding carboxylic acids is 2. The molecule has 3 N–H and O–H groups in total. The van der Waals surface area contributed by atoms with Gasteiger partial charge in [0.05, 0.1) is 6.42 Å². The highest BCUT2D eigenvalue weighted by Gasteiger charge is 2.27. The van der Waals surface area contributed by atoms with Crippen LogP contribution in [0.25, 0.3) is 0 Å². The standard InChI is InChI=1S/C19H31N3O2S.ClH/c1-19(2,13-20)14-22(3)18(24)16(10-11-25-4)21-17(23)12-15-8-6-5-7-9-15;/h5-9,16H,10-14,20H2,1-4H3,(H,21,23);1H. The van der Waals surface area contributed by atoms with Gasteiger partial charge in [-0.25, -0.2) is 0 Å². The van der Waals surface area contributed by atoms with Crippen LogP contribution in [0.15, 0.2) is 30.3 Å². The van der Waals surface area contributed by atoms with E-state index in [0.29, 0.717) is 19.5 Å². The molecule has 0 spiro atoms. The lowest BCUT2D eigenvalue weighted by molar-refractivity contribution is -0.136. The third-order valence-electron chi connectivity index (χ3n) is 4.05. The highest BCUT2D eigenvalue weighted by atomic mass is 35.5. The number of benzene rings is 1. The highest BCUT2D eigenvalue weighted by Crippen LogP contribution is 2.15. The minimum Gasteiger partial charge on any atom is -0.344 e. The van der Waals surface area contributed by atoms with Crippen molar-refractivity contribution in [3.05, 3.63) is 35.9 Å². The number of nitrogens with one attached hydrogen (secondary N) is 1. The lowest BCUT2D eigenvalue weighted by Gasteiger charge is -2.31. The summed E-state index contributed by atoms with van der Waals surface area (Å²) in [5.74, 6) is 0.630. The summed E-state index contributed by atoms with van der Waals surface area (Å²) >= 11 is 1.67. The molecule has 0 aliphatic carbocycles. The molecule has 0 heterocycles. The molecule has 0 aromatic heterocycles. The van der Waals surface area contributed by atoms with Gasteiger partial charge >= 0.3 is 0 Å². The average Bonchev–Trinajstić information content (AvgIpc) is 2.58. The van der Waals surface area contributed by atoms with Crippen LogP contribution in [0.4, 0.5) is 0 Å². The molecule has 0 saturated carbocycles. The minimum atomic E-state index is -0.498. The summed E-state index contributed by atoms with van der Waals surface area (Å²) in [6, 6.07) is 9.05. The maximum absolute atomic E-state index is 12.8. The van der Waals surface area contributed by atoms with E-state index < -0.39 is 6.04 Å². The first-order valence-electron chi connectivity index (χ1n) is 8.56. The van der Waals surface area contributed by atoms with E-state index in [0.717, 1.165) is 11.3 Å². The van der Waals surface area contributed by atoms with Crippen molar-refractivity contribution in [2.45, 2.75) is 32.7 Å². The molecule has 0 bridgehead atoms. The topological polar surface area (TPSA) is 75.4 Å². The third kappa shape index (κ3) is 8.92. The van der Waals surface area contributed by atoms with Gasteiger partial charge in [0.2, 0.25) is 11.8 Å². The number of amides is 2. The van der Waals surface area contributed by atoms with E-state index in [4.69, 9.17) is 5.73 Å². The van der Waals surface area contributed by atoms with E-state index in [2.05, 4.69) is 5.32 Å². The first-order valence-corrected chi connectivity index (χ1v) is 9.95. The molecule has 1 aromatic carbocycles. The normalized spacial score (nSPS) is 12.0. The summed E-state index contributed by atoms with van der Waals surface area (Å²) in [4.78, 5) is 26.8. The second kappa shape index (κ2) is 12.2. The largest absolute Gasteiger partial charge is 0.344 e. The number of carbonyl (C=O) groups is 2. The number of halogens is 1. The zero-order chi connectivity index (χ0) is 18.9. The molecule has 1 unspecified atom stereocenters. The van der Waals surface area contributed by atoms with Gasteiger partial charge in [0.1, 0.15) is 6.04 Å². The summed E-state index contributed by atoms with van der Waals surface area (Å²) in [5.41, 5.74) is 6.55. The first kappa shape index (κ1) is 24.8. The van der Waals surface area contributed by atoms with Crippen molar-refractivity contribution < 1.29 is 9.59 Å². The van der Waals surface area contributed by atoms with Crippen molar-refractivity contribution in [1.82, 2.24) is 10.2 Å². The van der Waals surface area contributed by atoms with Crippen LogP contribution in [-0.4, -0.2) is 54.9 Å². The Bertz CT molecular complexity index is 555. The Balaban J connectivity index is 0.00000625. The van der Waals surface area contributed by atoms with E-state index in [-0.39, 0.29) is 36.1 Å². The molecule has 5 nitrogen and oxygen atoms in total. The number of thioether (sulfide) groups is 1. The molecular formula is C19H32ClN3O2S. The average molecular weight is 402 g/mol. The van der Waals surface area contributed by atoms with Crippen LogP contribution in [0, 0.1) is 5.41 Å². The predicted molar refractivity (Wildman–Crippen MR) is 113 cm³/mol. The highest BCUT2D eigenvalue weighted by molar-refractivity contribution is 7.98. The molecule has 0 saturated heterocycles. The van der Waals surface area contributed by atoms with Gasteiger partial charge in [-0.15, -0.1) is 12.4 Å². The van der Waals surface area contributed by atoms with Gasteiger partial charge in [-0.3, -0.25) is 9.59 Å². The summed E-state index contributed by atoms with van der Waals surface area (Å²) in [5, 5.41) is 2.91. The van der Waals surface area contributed by atoms with Crippen molar-refractivity contribution in [1.29, 1.82) is 0 Å². The van der Waals surface area contributed by atoms with E-state index >= 15 is 0 Å². The minimum absolute atomic E-state index is 0. The maximum Gasteiger partial charge on any atom is 0.244 e. The van der Waals surface area contributed by atoms with Gasteiger partial charge in [-0.1, -0.05) is 44.2 Å². The smallest absolute Gasteiger partial charge is 0.244 e. The number of nitrogens with two attached hydrogens (primary N) is 1. The van der Waals surface area contributed by atoms with Gasteiger partial charge in [0.15, 0.2) is 0 Å². The zero-order valence-corrected chi connectivity index (χ0v) is 17.8. The van der Waals surface area contributed by atoms with Gasteiger partial charge < -0.3 is 16.0 Å². The Morgan fingerprint density at radius 1 is 1.27 bits per heavy atom. The number of nitrogens with zero attached hydrogens (tertiary/aromatic N) is 1. The van der Waals surface area contributed by atoms with Crippen molar-refractivity contribution in [3.63, 3.8) is 0 Å². The molecule has 1 aromatic rings. The maximum atomic E-state index is 12.8. The van der Waals surface area contributed by atoms with E-state index in [9.17, 15) is 9.59 Å². The van der Waals surface area contributed by atoms with Crippen LogP contribution in [0.3, 0.4) is 0 Å². The summed E-state index contributed by atoms with van der Waals surface area (Å²) in [6.45, 7) is 5.12. The number of rotatable bonds is 10. The fourth-order valence-corrected chi connectivity index (χ4v) is 3.04. The van der Waals surface area contributed by atoms with Crippen LogP contribution in [-0.2, 0) is 16.0 Å². The molecule has 2 amide bonds. The second-order valence-electron chi connectivity index (χ2n) is 7.13. The fraction of sp³-hybridized carbons (Fsp3) is 0.579. The number of likely N-dealkylation sites (N-methyl/N-ethyl adjacent to an activating group) is 1. The van der Waals surface area contributed by atoms with Crippen molar-refractivity contribution >= 4 is 36.0 Å². The van der Waals surface area contributed by atoms with Crippen LogP contribution in [0.1, 0.15) is 25.8 Å². The summed E-state index contributed by atoms with van der Waals surface area (Å²) in [6.07, 6.45) is 2.89. The Morgan fingerprint density at radius 2 is 1.88 bits per heavy atom. The molecule has 0 radical (unpaired) electrons. The number of hydrogen-bond acceptors (Lipinski definition) is 4. The molecule has 0 aliphatic rings. The molecule has 1 atom stereocenters. The van der Waals surface area contributed by atoms with E-state index in [1.54, 1.807) is 23.7 Å². The van der Waals surface area contributed by atoms with Crippen molar-refractivity contribution in [3.8, 4) is 0 Å². The SMILES string of the molecule is CSCCC(NC(=O)Cc1ccccc1)C(=O)N(C)CC(C)(C)CN.Cl. The van der Waals surface area contributed by atoms with E-state index in [1.165, 1.54) is 0 Å². The molecule has 26 heavy (non-hydrogen) atoms. The monoisotopic (exact) mass is 401 g/mol. The molecule has 1 rings (SSSR count). The van der Waals surface area contributed by atoms with Crippen LogP contribution in [0.5, 0.6) is 0 Å². The van der Waals surface area contributed by atoms with Gasteiger partial charge in [0.25, 0.3) is 0 Å². The lowest BCUT2D eigenvalue weighted by Crippen LogP contribution is -2.50. The molecular weight excluding hydrogens is 370 g/mol. The van der Waals surface area contributed by atoms with Crippen LogP contribution >= 0.6 is 24.2 Å². The third-order valence-corrected chi connectivity index (χ3v) is 4.69. The van der Waals surface area contributed by atoms with Crippen LogP contribution < -0.4 is 11.1 Å². The second-order valence-corrected chi connectivity index (χ2v) is 8.11. The molecule has 7 heteroatoms. The first-order chi connectivity index (χ1) is 11.8. The quantitative estimate of drug-likeness (QED) is 0.630. The Morgan fingerprint density at radius 3 is 2.42 bits per heavy atom. The molecule has 148 valence electrons. The lowest BCUT2D eigenvalue weighted by atomic mass is 9.93. The van der Waals surface area contributed by atoms with Gasteiger partial charge in [-0.2, -0.15) is 11.8 Å². The van der Waals surface area contributed by atoms with Crippen molar-refractivity contribution in [2.75, 3.05) is 32.1 Å². The number of hydrogen-bond donors (Lipinski definition) is 2. The Hall–Kier alpha value is -1.24. The van der Waals surface area contributed by atoms with E-state index in [1.807, 2.05) is 50.4 Å². The Labute approximate surface area is 167 Å². The fourth-order valence-electron chi connectivity index (χ4n) is 2.57. The molecule has 0 fully saturated rings. The van der Waals surface area contributed by atoms with Gasteiger partial charge in [0, 0.05) is 13.6 Å². The zero-order valence-electron chi connectivity index (χ0n) is 16.2. The summed E-state index contributed by atoms with van der Waals surface area (Å²) in [7, 11) is 1.77. The molecule has 0 aliphatic heterocycles. The predicted octanol–water partition coefficient (Wildman–Crippen LogP) is 2.33. The van der Waals surface area contributed by atoms with Gasteiger partial charge in [-0.05, 0) is 36.0 Å². The van der Waals surface area contributed by atoms with Crippen LogP contribution in [0.2, 0.25) is 0 Å². The van der Waals surface area contributed by atoms with Crippen molar-refractivity contribution in [2.24, 2.45) is 11.1 Å². The summed E-state index contributed by atoms with van der Waals surface area (Å²) < 4.78 is 0. The Kier molecular flexibility index (Phi) is 11.6.